The highest BCUT2D eigenvalue weighted by Crippen LogP contribution is 2.32. The van der Waals surface area contributed by atoms with Gasteiger partial charge in [-0.2, -0.15) is 0 Å². The zero-order valence-corrected chi connectivity index (χ0v) is 13.6. The van der Waals surface area contributed by atoms with Crippen LogP contribution in [0.2, 0.25) is 0 Å². The van der Waals surface area contributed by atoms with Crippen LogP contribution in [0.25, 0.3) is 32.9 Å². The Labute approximate surface area is 135 Å². The van der Waals surface area contributed by atoms with Crippen molar-refractivity contribution in [1.29, 1.82) is 0 Å². The molecule has 0 aliphatic carbocycles. The van der Waals surface area contributed by atoms with Crippen molar-refractivity contribution in [1.82, 2.24) is 9.97 Å². The Kier molecular flexibility index (Phi) is 3.12. The Morgan fingerprint density at radius 3 is 2.35 bits per heavy atom. The Morgan fingerprint density at radius 1 is 0.783 bits per heavy atom. The summed E-state index contributed by atoms with van der Waals surface area (Å²) in [6.07, 6.45) is 1.68. The van der Waals surface area contributed by atoms with Gasteiger partial charge < -0.3 is 0 Å². The van der Waals surface area contributed by atoms with Gasteiger partial charge in [-0.3, -0.25) is 0 Å². The minimum atomic E-state index is 1.01. The molecule has 0 unspecified atom stereocenters. The topological polar surface area (TPSA) is 25.8 Å². The van der Waals surface area contributed by atoms with Crippen LogP contribution in [-0.2, 0) is 0 Å². The van der Waals surface area contributed by atoms with Crippen LogP contribution in [0.15, 0.2) is 54.9 Å². The first-order valence-corrected chi connectivity index (χ1v) is 7.85. The minimum Gasteiger partial charge on any atom is -0.236 e. The van der Waals surface area contributed by atoms with E-state index in [-0.39, 0.29) is 0 Å². The van der Waals surface area contributed by atoms with E-state index in [1.54, 1.807) is 6.33 Å². The van der Waals surface area contributed by atoms with Crippen LogP contribution in [0.5, 0.6) is 0 Å². The Balaban J connectivity index is 2.11. The molecule has 2 heteroatoms. The number of aryl methyl sites for hydroxylation is 3. The van der Waals surface area contributed by atoms with E-state index < -0.39 is 0 Å². The van der Waals surface area contributed by atoms with Crippen LogP contribution >= 0.6 is 0 Å². The fraction of sp³-hybridized carbons (Fsp3) is 0.143. The molecule has 1 heterocycles. The van der Waals surface area contributed by atoms with Crippen LogP contribution in [0.1, 0.15) is 16.7 Å². The first-order chi connectivity index (χ1) is 11.1. The summed E-state index contributed by atoms with van der Waals surface area (Å²) in [5.74, 6) is 0. The molecule has 0 saturated carbocycles. The van der Waals surface area contributed by atoms with E-state index in [1.165, 1.54) is 27.5 Å². The van der Waals surface area contributed by atoms with Gasteiger partial charge in [0.25, 0.3) is 0 Å². The summed E-state index contributed by atoms with van der Waals surface area (Å²) in [5.41, 5.74) is 6.95. The summed E-state index contributed by atoms with van der Waals surface area (Å²) in [6, 6.07) is 17.3. The molecule has 0 spiro atoms. The summed E-state index contributed by atoms with van der Waals surface area (Å²) in [5, 5.41) is 3.56. The average molecular weight is 298 g/mol. The molecule has 0 N–H and O–H groups in total. The van der Waals surface area contributed by atoms with Crippen LogP contribution in [-0.4, -0.2) is 9.97 Å². The molecule has 0 aliphatic heterocycles. The van der Waals surface area contributed by atoms with Gasteiger partial charge in [0.15, 0.2) is 0 Å². The highest BCUT2D eigenvalue weighted by molar-refractivity contribution is 6.10. The van der Waals surface area contributed by atoms with Crippen molar-refractivity contribution in [3.8, 4) is 11.3 Å². The van der Waals surface area contributed by atoms with E-state index in [0.717, 1.165) is 22.2 Å². The molecular formula is C21H18N2. The molecule has 112 valence electrons. The maximum Gasteiger partial charge on any atom is 0.116 e. The zero-order chi connectivity index (χ0) is 16.0. The Hall–Kier alpha value is -2.74. The third kappa shape index (κ3) is 2.27. The molecule has 4 aromatic rings. The molecule has 3 aromatic carbocycles. The van der Waals surface area contributed by atoms with Crippen LogP contribution < -0.4 is 0 Å². The molecule has 2 nitrogen and oxygen atoms in total. The van der Waals surface area contributed by atoms with Gasteiger partial charge in [-0.1, -0.05) is 41.5 Å². The second kappa shape index (κ2) is 5.17. The molecular weight excluding hydrogens is 280 g/mol. The number of aromatic nitrogens is 2. The summed E-state index contributed by atoms with van der Waals surface area (Å²) in [4.78, 5) is 9.17. The van der Waals surface area contributed by atoms with Crippen molar-refractivity contribution in [2.24, 2.45) is 0 Å². The van der Waals surface area contributed by atoms with Crippen LogP contribution in [0, 0.1) is 20.8 Å². The molecule has 0 aliphatic rings. The lowest BCUT2D eigenvalue weighted by atomic mass is 9.98. The number of hydrogen-bond acceptors (Lipinski definition) is 2. The summed E-state index contributed by atoms with van der Waals surface area (Å²) in [6.45, 7) is 6.39. The number of benzene rings is 3. The number of rotatable bonds is 1. The predicted octanol–water partition coefficient (Wildman–Crippen LogP) is 5.38. The Morgan fingerprint density at radius 2 is 1.57 bits per heavy atom. The lowest BCUT2D eigenvalue weighted by Crippen LogP contribution is -1.92. The van der Waals surface area contributed by atoms with Gasteiger partial charge >= 0.3 is 0 Å². The second-order valence-corrected chi connectivity index (χ2v) is 6.23. The van der Waals surface area contributed by atoms with Gasteiger partial charge in [0.1, 0.15) is 6.33 Å². The summed E-state index contributed by atoms with van der Waals surface area (Å²) in [7, 11) is 0. The fourth-order valence-electron chi connectivity index (χ4n) is 3.42. The van der Waals surface area contributed by atoms with E-state index in [0.29, 0.717) is 0 Å². The minimum absolute atomic E-state index is 1.01. The Bertz CT molecular complexity index is 1030. The molecule has 1 aromatic heterocycles. The van der Waals surface area contributed by atoms with Gasteiger partial charge in [-0.05, 0) is 49.9 Å². The first-order valence-electron chi connectivity index (χ1n) is 7.85. The van der Waals surface area contributed by atoms with Crippen molar-refractivity contribution >= 4 is 21.7 Å². The lowest BCUT2D eigenvalue weighted by Gasteiger charge is -2.10. The van der Waals surface area contributed by atoms with Crippen LogP contribution in [0.4, 0.5) is 0 Å². The van der Waals surface area contributed by atoms with Crippen molar-refractivity contribution in [2.45, 2.75) is 20.8 Å². The number of hydrogen-bond donors (Lipinski definition) is 0. The first kappa shape index (κ1) is 13.9. The second-order valence-electron chi connectivity index (χ2n) is 6.23. The highest BCUT2D eigenvalue weighted by Gasteiger charge is 2.11. The molecule has 0 fully saturated rings. The molecule has 0 atom stereocenters. The van der Waals surface area contributed by atoms with Gasteiger partial charge in [-0.25, -0.2) is 9.97 Å². The molecule has 0 saturated heterocycles. The average Bonchev–Trinajstić information content (AvgIpc) is 2.53. The maximum atomic E-state index is 4.59. The molecule has 0 radical (unpaired) electrons. The molecule has 4 rings (SSSR count). The number of nitrogens with zero attached hydrogens (tertiary/aromatic N) is 2. The zero-order valence-electron chi connectivity index (χ0n) is 13.6. The third-order valence-electron chi connectivity index (χ3n) is 4.35. The quantitative estimate of drug-likeness (QED) is 0.441. The van der Waals surface area contributed by atoms with Gasteiger partial charge in [0, 0.05) is 16.3 Å². The SMILES string of the molecule is Cc1cc(C)cc(-c2ncnc3c2ccc2cccc(C)c23)c1. The predicted molar refractivity (Wildman–Crippen MR) is 96.7 cm³/mol. The van der Waals surface area contributed by atoms with Gasteiger partial charge in [-0.15, -0.1) is 0 Å². The van der Waals surface area contributed by atoms with Crippen molar-refractivity contribution in [3.05, 3.63) is 71.5 Å². The lowest BCUT2D eigenvalue weighted by molar-refractivity contribution is 1.22. The largest absolute Gasteiger partial charge is 0.236 e. The van der Waals surface area contributed by atoms with E-state index >= 15 is 0 Å². The fourth-order valence-corrected chi connectivity index (χ4v) is 3.42. The summed E-state index contributed by atoms with van der Waals surface area (Å²) >= 11 is 0. The van der Waals surface area contributed by atoms with Crippen molar-refractivity contribution in [3.63, 3.8) is 0 Å². The van der Waals surface area contributed by atoms with Crippen molar-refractivity contribution < 1.29 is 0 Å². The molecule has 23 heavy (non-hydrogen) atoms. The summed E-state index contributed by atoms with van der Waals surface area (Å²) < 4.78 is 0. The maximum absolute atomic E-state index is 4.59. The van der Waals surface area contributed by atoms with E-state index in [2.05, 4.69) is 79.3 Å². The smallest absolute Gasteiger partial charge is 0.116 e. The van der Waals surface area contributed by atoms with E-state index in [4.69, 9.17) is 0 Å². The highest BCUT2D eigenvalue weighted by atomic mass is 14.8. The third-order valence-corrected chi connectivity index (χ3v) is 4.35. The van der Waals surface area contributed by atoms with Gasteiger partial charge in [0.05, 0.1) is 11.2 Å². The number of fused-ring (bicyclic) bond motifs is 3. The molecule has 0 bridgehead atoms. The van der Waals surface area contributed by atoms with Crippen molar-refractivity contribution in [2.75, 3.05) is 0 Å². The molecule has 0 amide bonds. The normalized spacial score (nSPS) is 11.3. The standard InChI is InChI=1S/C21H18N2/c1-13-9-14(2)11-17(10-13)20-18-8-7-16-6-4-5-15(3)19(16)21(18)23-12-22-20/h4-12H,1-3H3. The van der Waals surface area contributed by atoms with Gasteiger partial charge in [0.2, 0.25) is 0 Å². The monoisotopic (exact) mass is 298 g/mol. The van der Waals surface area contributed by atoms with E-state index in [1.807, 2.05) is 0 Å². The van der Waals surface area contributed by atoms with Crippen LogP contribution in [0.3, 0.4) is 0 Å². The van der Waals surface area contributed by atoms with E-state index in [9.17, 15) is 0 Å².